The first-order valence-corrected chi connectivity index (χ1v) is 9.00. The molecule has 8 nitrogen and oxygen atoms in total. The quantitative estimate of drug-likeness (QED) is 0.860. The maximum absolute atomic E-state index is 13.0. The summed E-state index contributed by atoms with van der Waals surface area (Å²) in [5.41, 5.74) is 0.550. The van der Waals surface area contributed by atoms with Crippen molar-refractivity contribution < 1.29 is 33.2 Å². The van der Waals surface area contributed by atoms with Crippen LogP contribution in [0.25, 0.3) is 0 Å². The number of amides is 1. The summed E-state index contributed by atoms with van der Waals surface area (Å²) in [6, 6.07) is 7.17. The number of para-hydroxylation sites is 2. The smallest absolute Gasteiger partial charge is 0.256 e. The first kappa shape index (κ1) is 18.6. The number of benzene rings is 1. The van der Waals surface area contributed by atoms with Gasteiger partial charge in [-0.1, -0.05) is 12.1 Å². The van der Waals surface area contributed by atoms with Crippen molar-refractivity contribution in [3.63, 3.8) is 0 Å². The number of ether oxygens (including phenoxy) is 6. The van der Waals surface area contributed by atoms with Crippen LogP contribution >= 0.6 is 0 Å². The van der Waals surface area contributed by atoms with Crippen LogP contribution in [0, 0.1) is 0 Å². The lowest BCUT2D eigenvalue weighted by Gasteiger charge is -2.36. The molecule has 0 aromatic heterocycles. The molecule has 1 aromatic carbocycles. The highest BCUT2D eigenvalue weighted by atomic mass is 16.9. The molecule has 3 aliphatic rings. The number of hydrogen-bond donors (Lipinski definition) is 1. The van der Waals surface area contributed by atoms with Crippen molar-refractivity contribution in [3.05, 3.63) is 24.3 Å². The number of hydrogen-bond acceptors (Lipinski definition) is 7. The Bertz CT molecular complexity index is 735. The van der Waals surface area contributed by atoms with Gasteiger partial charge in [-0.05, 0) is 39.8 Å². The molecular weight excluding hydrogens is 354 g/mol. The molecule has 0 bridgehead atoms. The van der Waals surface area contributed by atoms with Crippen molar-refractivity contribution in [3.8, 4) is 5.75 Å². The van der Waals surface area contributed by atoms with E-state index in [1.165, 1.54) is 0 Å². The van der Waals surface area contributed by atoms with Crippen LogP contribution in [0.3, 0.4) is 0 Å². The molecular formula is C19H25NO7. The van der Waals surface area contributed by atoms with Gasteiger partial charge in [-0.3, -0.25) is 4.79 Å². The lowest BCUT2D eigenvalue weighted by atomic mass is 9.98. The normalized spacial score (nSPS) is 36.0. The molecule has 0 spiro atoms. The van der Waals surface area contributed by atoms with Crippen LogP contribution in [0.1, 0.15) is 27.7 Å². The molecule has 3 saturated heterocycles. The Morgan fingerprint density at radius 1 is 0.963 bits per heavy atom. The van der Waals surface area contributed by atoms with Crippen LogP contribution in [0.5, 0.6) is 5.75 Å². The highest BCUT2D eigenvalue weighted by Crippen LogP contribution is 2.44. The van der Waals surface area contributed by atoms with E-state index >= 15 is 0 Å². The standard InChI is InChI=1S/C19H25NO7/c1-18(2)24-12-13(25-18)15-17(27-19(3,4)26-15)23-14(12)16(21)20-10-8-6-7-9-11(10)22-5/h6-9,12-15,17H,1-5H3,(H,20,21)/t12-,13+,14-,15-,17-/m1/s1. The van der Waals surface area contributed by atoms with Crippen molar-refractivity contribution in [1.29, 1.82) is 0 Å². The first-order chi connectivity index (χ1) is 12.7. The minimum Gasteiger partial charge on any atom is -0.495 e. The van der Waals surface area contributed by atoms with E-state index in [1.54, 1.807) is 46.9 Å². The zero-order chi connectivity index (χ0) is 19.4. The van der Waals surface area contributed by atoms with Crippen LogP contribution in [0.2, 0.25) is 0 Å². The number of nitrogens with one attached hydrogen (secondary N) is 1. The summed E-state index contributed by atoms with van der Waals surface area (Å²) in [5, 5.41) is 2.85. The van der Waals surface area contributed by atoms with Gasteiger partial charge >= 0.3 is 0 Å². The topological polar surface area (TPSA) is 84.5 Å². The van der Waals surface area contributed by atoms with E-state index in [-0.39, 0.29) is 5.91 Å². The van der Waals surface area contributed by atoms with Crippen LogP contribution in [-0.2, 0) is 28.5 Å². The Labute approximate surface area is 158 Å². The van der Waals surface area contributed by atoms with E-state index in [2.05, 4.69) is 5.32 Å². The largest absolute Gasteiger partial charge is 0.495 e. The minimum atomic E-state index is -0.916. The number of fused-ring (bicyclic) bond motifs is 3. The minimum absolute atomic E-state index is 0.359. The number of carbonyl (C=O) groups excluding carboxylic acids is 1. The molecule has 0 unspecified atom stereocenters. The molecule has 0 saturated carbocycles. The second kappa shape index (κ2) is 6.42. The van der Waals surface area contributed by atoms with Gasteiger partial charge in [-0.2, -0.15) is 0 Å². The molecule has 148 valence electrons. The average molecular weight is 379 g/mol. The summed E-state index contributed by atoms with van der Waals surface area (Å²) in [7, 11) is 1.55. The van der Waals surface area contributed by atoms with Crippen LogP contribution in [0.4, 0.5) is 5.69 Å². The molecule has 1 aromatic rings. The zero-order valence-electron chi connectivity index (χ0n) is 16.1. The van der Waals surface area contributed by atoms with Gasteiger partial charge in [0.1, 0.15) is 24.1 Å². The molecule has 1 N–H and O–H groups in total. The summed E-state index contributed by atoms with van der Waals surface area (Å²) in [5.74, 6) is -1.49. The Morgan fingerprint density at radius 2 is 1.59 bits per heavy atom. The van der Waals surface area contributed by atoms with Gasteiger partial charge in [-0.25, -0.2) is 0 Å². The third-order valence-electron chi connectivity index (χ3n) is 4.78. The number of methoxy groups -OCH3 is 1. The maximum atomic E-state index is 13.0. The summed E-state index contributed by atoms with van der Waals surface area (Å²) in [6.45, 7) is 7.20. The molecule has 3 fully saturated rings. The molecule has 3 heterocycles. The maximum Gasteiger partial charge on any atom is 0.256 e. The van der Waals surface area contributed by atoms with Crippen LogP contribution in [0.15, 0.2) is 24.3 Å². The van der Waals surface area contributed by atoms with Crippen molar-refractivity contribution in [1.82, 2.24) is 0 Å². The van der Waals surface area contributed by atoms with Crippen LogP contribution in [-0.4, -0.2) is 55.3 Å². The molecule has 3 aliphatic heterocycles. The van der Waals surface area contributed by atoms with Gasteiger partial charge in [0.25, 0.3) is 5.91 Å². The van der Waals surface area contributed by atoms with E-state index in [9.17, 15) is 4.79 Å². The number of anilines is 1. The molecule has 8 heteroatoms. The summed E-state index contributed by atoms with van der Waals surface area (Å²) < 4.78 is 35.0. The second-order valence-corrected chi connectivity index (χ2v) is 7.78. The molecule has 0 aliphatic carbocycles. The monoisotopic (exact) mass is 379 g/mol. The third kappa shape index (κ3) is 3.43. The van der Waals surface area contributed by atoms with E-state index in [0.717, 1.165) is 0 Å². The van der Waals surface area contributed by atoms with E-state index in [1.807, 2.05) is 12.1 Å². The SMILES string of the molecule is COc1ccccc1NC(=O)[C@@H]1O[C@@H]2OC(C)(C)O[C@@H]2[C@H]2OC(C)(C)O[C@H]21. The Morgan fingerprint density at radius 3 is 2.33 bits per heavy atom. The predicted octanol–water partition coefficient (Wildman–Crippen LogP) is 2.03. The van der Waals surface area contributed by atoms with Gasteiger partial charge in [0.2, 0.25) is 0 Å². The molecule has 0 radical (unpaired) electrons. The average Bonchev–Trinajstić information content (AvgIpc) is 3.08. The summed E-state index contributed by atoms with van der Waals surface area (Å²) >= 11 is 0. The molecule has 4 rings (SSSR count). The summed E-state index contributed by atoms with van der Waals surface area (Å²) in [6.07, 6.45) is -3.20. The van der Waals surface area contributed by atoms with Gasteiger partial charge in [0.15, 0.2) is 24.0 Å². The van der Waals surface area contributed by atoms with Crippen molar-refractivity contribution in [2.45, 2.75) is 70.0 Å². The van der Waals surface area contributed by atoms with Gasteiger partial charge in [0.05, 0.1) is 12.8 Å². The number of carbonyl (C=O) groups is 1. The Kier molecular flexibility index (Phi) is 4.44. The highest BCUT2D eigenvalue weighted by molar-refractivity contribution is 5.96. The molecule has 27 heavy (non-hydrogen) atoms. The fraction of sp³-hybridized carbons (Fsp3) is 0.632. The van der Waals surface area contributed by atoms with Crippen molar-refractivity contribution in [2.24, 2.45) is 0 Å². The van der Waals surface area contributed by atoms with Gasteiger partial charge in [0, 0.05) is 0 Å². The summed E-state index contributed by atoms with van der Waals surface area (Å²) in [4.78, 5) is 13.0. The molecule has 1 amide bonds. The van der Waals surface area contributed by atoms with Crippen LogP contribution < -0.4 is 10.1 Å². The highest BCUT2D eigenvalue weighted by Gasteiger charge is 2.62. The molecule has 5 atom stereocenters. The second-order valence-electron chi connectivity index (χ2n) is 7.78. The van der Waals surface area contributed by atoms with Gasteiger partial charge < -0.3 is 33.7 Å². The Hall–Kier alpha value is -1.71. The van der Waals surface area contributed by atoms with Crippen molar-refractivity contribution in [2.75, 3.05) is 12.4 Å². The third-order valence-corrected chi connectivity index (χ3v) is 4.78. The van der Waals surface area contributed by atoms with E-state index in [0.29, 0.717) is 11.4 Å². The lowest BCUT2D eigenvalue weighted by molar-refractivity contribution is -0.229. The first-order valence-electron chi connectivity index (χ1n) is 9.00. The van der Waals surface area contributed by atoms with Crippen molar-refractivity contribution >= 4 is 11.6 Å². The fourth-order valence-corrected chi connectivity index (χ4v) is 3.78. The van der Waals surface area contributed by atoms with Gasteiger partial charge in [-0.15, -0.1) is 0 Å². The zero-order valence-corrected chi connectivity index (χ0v) is 16.1. The fourth-order valence-electron chi connectivity index (χ4n) is 3.78. The lowest BCUT2D eigenvalue weighted by Crippen LogP contribution is -2.58. The predicted molar refractivity (Wildman–Crippen MR) is 94.1 cm³/mol. The van der Waals surface area contributed by atoms with E-state index < -0.39 is 42.3 Å². The Balaban J connectivity index is 1.59. The van der Waals surface area contributed by atoms with E-state index in [4.69, 9.17) is 28.4 Å². The number of rotatable bonds is 3.